The average molecular weight is 448 g/mol. The van der Waals surface area contributed by atoms with Gasteiger partial charge in [-0.3, -0.25) is 14.4 Å². The maximum atomic E-state index is 13.2. The van der Waals surface area contributed by atoms with Crippen molar-refractivity contribution in [3.05, 3.63) is 57.7 Å². The molecule has 1 fully saturated rings. The Bertz CT molecular complexity index is 1030. The molecule has 0 spiro atoms. The lowest BCUT2D eigenvalue weighted by Gasteiger charge is -2.32. The van der Waals surface area contributed by atoms with E-state index in [1.807, 2.05) is 0 Å². The van der Waals surface area contributed by atoms with E-state index in [1.165, 1.54) is 36.2 Å². The molecule has 2 N–H and O–H groups in total. The van der Waals surface area contributed by atoms with E-state index in [4.69, 9.17) is 33.7 Å². The maximum Gasteiger partial charge on any atom is 0.329 e. The van der Waals surface area contributed by atoms with Crippen molar-refractivity contribution in [3.8, 4) is 6.07 Å². The van der Waals surface area contributed by atoms with E-state index in [0.29, 0.717) is 11.1 Å². The van der Waals surface area contributed by atoms with E-state index in [-0.39, 0.29) is 22.4 Å². The van der Waals surface area contributed by atoms with Gasteiger partial charge in [0.15, 0.2) is 11.2 Å². The van der Waals surface area contributed by atoms with Crippen molar-refractivity contribution < 1.29 is 19.1 Å². The van der Waals surface area contributed by atoms with Gasteiger partial charge in [0, 0.05) is 17.7 Å². The number of ether oxygens (including phenoxy) is 1. The molecule has 2 aliphatic rings. The fourth-order valence-electron chi connectivity index (χ4n) is 4.17. The zero-order valence-electron chi connectivity index (χ0n) is 16.3. The van der Waals surface area contributed by atoms with Gasteiger partial charge in [0.1, 0.15) is 6.04 Å². The van der Waals surface area contributed by atoms with E-state index in [9.17, 15) is 19.6 Å². The number of halogens is 2. The molecule has 0 bridgehead atoms. The normalized spacial score (nSPS) is 27.1. The fourth-order valence-corrected chi connectivity index (χ4v) is 4.48. The minimum absolute atomic E-state index is 0.0442. The van der Waals surface area contributed by atoms with Crippen LogP contribution in [0.1, 0.15) is 25.3 Å². The molecule has 30 heavy (non-hydrogen) atoms. The van der Waals surface area contributed by atoms with E-state index < -0.39 is 35.3 Å². The molecule has 4 atom stereocenters. The second-order valence-corrected chi connectivity index (χ2v) is 7.91. The third-order valence-electron chi connectivity index (χ3n) is 5.46. The number of fused-ring (bicyclic) bond motifs is 1. The van der Waals surface area contributed by atoms with Gasteiger partial charge in [-0.25, -0.2) is 0 Å². The minimum Gasteiger partial charge on any atom is -0.465 e. The Kier molecular flexibility index (Phi) is 5.93. The summed E-state index contributed by atoms with van der Waals surface area (Å²) in [6.07, 6.45) is 4.56. The van der Waals surface area contributed by atoms with Crippen LogP contribution in [-0.4, -0.2) is 41.3 Å². The Balaban J connectivity index is 2.31. The number of amides is 1. The van der Waals surface area contributed by atoms with Crippen LogP contribution in [-0.2, 0) is 19.1 Å². The van der Waals surface area contributed by atoms with Crippen molar-refractivity contribution in [2.45, 2.75) is 31.8 Å². The van der Waals surface area contributed by atoms with E-state index >= 15 is 0 Å². The molecular weight excluding hydrogens is 429 g/mol. The molecule has 1 amide bonds. The van der Waals surface area contributed by atoms with Crippen LogP contribution in [0.25, 0.3) is 0 Å². The summed E-state index contributed by atoms with van der Waals surface area (Å²) in [4.78, 5) is 39.1. The summed E-state index contributed by atoms with van der Waals surface area (Å²) in [5, 5.41) is 10.8. The number of rotatable bonds is 5. The molecule has 1 unspecified atom stereocenters. The summed E-state index contributed by atoms with van der Waals surface area (Å²) in [7, 11) is 0. The van der Waals surface area contributed by atoms with Gasteiger partial charge in [-0.15, -0.1) is 0 Å². The number of ketones is 1. The van der Waals surface area contributed by atoms with E-state index in [0.717, 1.165) is 0 Å². The quantitative estimate of drug-likeness (QED) is 0.693. The fraction of sp³-hybridized carbons (Fsp3) is 0.333. The number of Topliss-reactive ketones (excluding diaryl/α,β-unsaturated/α-hetero) is 1. The number of benzene rings is 1. The van der Waals surface area contributed by atoms with Crippen LogP contribution < -0.4 is 5.73 Å². The van der Waals surface area contributed by atoms with Crippen molar-refractivity contribution in [1.29, 1.82) is 5.26 Å². The van der Waals surface area contributed by atoms with Gasteiger partial charge < -0.3 is 15.4 Å². The topological polar surface area (TPSA) is 113 Å². The third-order valence-corrected chi connectivity index (χ3v) is 6.20. The van der Waals surface area contributed by atoms with Crippen LogP contribution in [0.15, 0.2) is 42.1 Å². The number of nitrogens with zero attached hydrogens (tertiary/aromatic N) is 2. The zero-order valence-corrected chi connectivity index (χ0v) is 17.8. The lowest BCUT2D eigenvalue weighted by Crippen LogP contribution is -2.45. The summed E-state index contributed by atoms with van der Waals surface area (Å²) >= 11 is 12.2. The molecule has 1 aromatic carbocycles. The predicted octanol–water partition coefficient (Wildman–Crippen LogP) is 2.73. The molecule has 0 saturated carbocycles. The van der Waals surface area contributed by atoms with Gasteiger partial charge in [-0.1, -0.05) is 41.4 Å². The SMILES string of the molecule is CCOC(=O)[C@@]1(C#N)C(c2ccc(Cl)c(Cl)c2)[C@H](C(N)=O)N2C=C(C(C)=O)C=C[C@H]21. The van der Waals surface area contributed by atoms with Gasteiger partial charge in [0.25, 0.3) is 0 Å². The van der Waals surface area contributed by atoms with Crippen molar-refractivity contribution in [2.24, 2.45) is 11.1 Å². The smallest absolute Gasteiger partial charge is 0.329 e. The van der Waals surface area contributed by atoms with Crippen molar-refractivity contribution in [1.82, 2.24) is 4.90 Å². The molecule has 0 aromatic heterocycles. The van der Waals surface area contributed by atoms with Crippen molar-refractivity contribution >= 4 is 40.9 Å². The first-order chi connectivity index (χ1) is 14.2. The molecule has 1 aromatic rings. The molecular formula is C21H19Cl2N3O4. The average Bonchev–Trinajstić information content (AvgIpc) is 3.01. The molecule has 9 heteroatoms. The third kappa shape index (κ3) is 3.26. The van der Waals surface area contributed by atoms with Crippen LogP contribution >= 0.6 is 23.2 Å². The number of allylic oxidation sites excluding steroid dienone is 2. The Morgan fingerprint density at radius 1 is 1.30 bits per heavy atom. The van der Waals surface area contributed by atoms with Gasteiger partial charge >= 0.3 is 5.97 Å². The molecule has 2 heterocycles. The predicted molar refractivity (Wildman–Crippen MR) is 110 cm³/mol. The first-order valence-electron chi connectivity index (χ1n) is 9.20. The standard InChI is InChI=1S/C21H19Cl2N3O4/c1-3-30-20(29)21(10-24)16-7-5-13(11(2)27)9-26(16)18(19(25)28)17(21)12-4-6-14(22)15(23)8-12/h4-9,16-18H,3H2,1-2H3,(H2,25,28)/t16-,17?,18+,21+/m0/s1. The highest BCUT2D eigenvalue weighted by Gasteiger charge is 2.66. The molecule has 1 saturated heterocycles. The lowest BCUT2D eigenvalue weighted by atomic mass is 9.68. The summed E-state index contributed by atoms with van der Waals surface area (Å²) in [5.74, 6) is -2.78. The molecule has 156 valence electrons. The number of primary amides is 1. The summed E-state index contributed by atoms with van der Waals surface area (Å²) in [5.41, 5.74) is 4.68. The van der Waals surface area contributed by atoms with Crippen LogP contribution in [0.2, 0.25) is 10.0 Å². The van der Waals surface area contributed by atoms with Gasteiger partial charge in [-0.05, 0) is 31.5 Å². The van der Waals surface area contributed by atoms with Gasteiger partial charge in [-0.2, -0.15) is 5.26 Å². The summed E-state index contributed by atoms with van der Waals surface area (Å²) < 4.78 is 5.26. The highest BCUT2D eigenvalue weighted by molar-refractivity contribution is 6.42. The highest BCUT2D eigenvalue weighted by Crippen LogP contribution is 2.54. The number of carbonyl (C=O) groups excluding carboxylic acids is 3. The summed E-state index contributed by atoms with van der Waals surface area (Å²) in [6, 6.07) is 4.76. The van der Waals surface area contributed by atoms with Gasteiger partial charge in [0.2, 0.25) is 5.91 Å². The number of nitrogens with two attached hydrogens (primary N) is 1. The Morgan fingerprint density at radius 3 is 2.53 bits per heavy atom. The van der Waals surface area contributed by atoms with Crippen LogP contribution in [0, 0.1) is 16.7 Å². The highest BCUT2D eigenvalue weighted by atomic mass is 35.5. The molecule has 3 rings (SSSR count). The zero-order chi connectivity index (χ0) is 22.2. The minimum atomic E-state index is -1.80. The van der Waals surface area contributed by atoms with Crippen LogP contribution in [0.3, 0.4) is 0 Å². The largest absolute Gasteiger partial charge is 0.465 e. The number of hydrogen-bond donors (Lipinski definition) is 1. The lowest BCUT2D eigenvalue weighted by molar-refractivity contribution is -0.153. The first-order valence-corrected chi connectivity index (χ1v) is 9.95. The second kappa shape index (κ2) is 8.13. The number of carbonyl (C=O) groups is 3. The number of hydrogen-bond acceptors (Lipinski definition) is 6. The monoisotopic (exact) mass is 447 g/mol. The second-order valence-electron chi connectivity index (χ2n) is 7.09. The van der Waals surface area contributed by atoms with E-state index in [1.54, 1.807) is 19.1 Å². The summed E-state index contributed by atoms with van der Waals surface area (Å²) in [6.45, 7) is 3.05. The van der Waals surface area contributed by atoms with Crippen LogP contribution in [0.5, 0.6) is 0 Å². The Labute approximate surface area is 183 Å². The first kappa shape index (κ1) is 21.9. The maximum absolute atomic E-state index is 13.2. The molecule has 7 nitrogen and oxygen atoms in total. The number of esters is 1. The van der Waals surface area contributed by atoms with Crippen molar-refractivity contribution in [2.75, 3.05) is 6.61 Å². The van der Waals surface area contributed by atoms with E-state index in [2.05, 4.69) is 6.07 Å². The van der Waals surface area contributed by atoms with Crippen LogP contribution in [0.4, 0.5) is 0 Å². The Morgan fingerprint density at radius 2 is 2.00 bits per heavy atom. The Hall–Kier alpha value is -2.82. The van der Waals surface area contributed by atoms with Crippen molar-refractivity contribution in [3.63, 3.8) is 0 Å². The molecule has 0 radical (unpaired) electrons. The van der Waals surface area contributed by atoms with Gasteiger partial charge in [0.05, 0.1) is 28.8 Å². The molecule has 0 aliphatic carbocycles. The number of nitriles is 1. The molecule has 2 aliphatic heterocycles.